The summed E-state index contributed by atoms with van der Waals surface area (Å²) in [6, 6.07) is 41.0. The van der Waals surface area contributed by atoms with Gasteiger partial charge in [0.1, 0.15) is 23.2 Å². The summed E-state index contributed by atoms with van der Waals surface area (Å²) in [6.45, 7) is 0. The molecule has 4 N–H and O–H groups in total. The van der Waals surface area contributed by atoms with E-state index in [1.807, 2.05) is 109 Å². The normalized spacial score (nSPS) is 28.8. The van der Waals surface area contributed by atoms with E-state index in [0.717, 1.165) is 55.4 Å². The summed E-state index contributed by atoms with van der Waals surface area (Å²) in [4.78, 5) is 116. The van der Waals surface area contributed by atoms with E-state index in [2.05, 4.69) is 20.6 Å². The Morgan fingerprint density at radius 1 is 0.512 bits per heavy atom. The van der Waals surface area contributed by atoms with Gasteiger partial charge in [0.05, 0.1) is 21.0 Å². The number of nitrogens with zero attached hydrogens (tertiary/aromatic N) is 6. The smallest absolute Gasteiger partial charge is 0.338 e. The average molecular weight is 1200 g/mol. The number of piperazine rings is 2. The molecule has 0 radical (unpaired) electrons. The molecule has 10 aliphatic heterocycles. The summed E-state index contributed by atoms with van der Waals surface area (Å²) in [6.07, 6.45) is -0.107. The minimum atomic E-state index is -1.58. The molecule has 18 rings (SSSR count). The minimum absolute atomic E-state index is 0.0922. The molecule has 10 atom stereocenters. The van der Waals surface area contributed by atoms with Crippen LogP contribution in [0.2, 0.25) is 0 Å². The van der Waals surface area contributed by atoms with Gasteiger partial charge in [0, 0.05) is 83.9 Å². The number of H-pyrrole nitrogens is 2. The third-order valence-corrected chi connectivity index (χ3v) is 24.0. The van der Waals surface area contributed by atoms with E-state index in [1.165, 1.54) is 102 Å². The Morgan fingerprint density at radius 3 is 1.27 bits per heavy atom. The first-order valence-corrected chi connectivity index (χ1v) is 30.7. The van der Waals surface area contributed by atoms with E-state index in [-0.39, 0.29) is 46.1 Å². The Balaban J connectivity index is 0.000000143. The van der Waals surface area contributed by atoms with E-state index in [0.29, 0.717) is 0 Å². The quantitative estimate of drug-likeness (QED) is 0.0483. The van der Waals surface area contributed by atoms with Gasteiger partial charge < -0.3 is 39.9 Å². The Morgan fingerprint density at radius 2 is 0.881 bits per heavy atom. The fourth-order valence-corrected chi connectivity index (χ4v) is 21.0. The summed E-state index contributed by atoms with van der Waals surface area (Å²) >= 11 is 0. The molecule has 0 unspecified atom stereocenters. The molecule has 0 saturated carbocycles. The van der Waals surface area contributed by atoms with Crippen molar-refractivity contribution in [2.75, 3.05) is 24.7 Å². The number of nitro groups is 2. The number of ether oxygens (including phenoxy) is 2. The molecule has 2 spiro atoms. The van der Waals surface area contributed by atoms with Crippen LogP contribution in [0.1, 0.15) is 43.0 Å². The molecule has 8 saturated heterocycles. The molecule has 8 fully saturated rings. The maximum atomic E-state index is 14.3. The summed E-state index contributed by atoms with van der Waals surface area (Å²) in [7, 11) is 8.24. The predicted molar refractivity (Wildman–Crippen MR) is 313 cm³/mol. The van der Waals surface area contributed by atoms with Gasteiger partial charge in [0.25, 0.3) is 35.0 Å². The first-order valence-electron chi connectivity index (χ1n) is 26.3. The van der Waals surface area contributed by atoms with Gasteiger partial charge in [0.15, 0.2) is 23.0 Å². The molecule has 6 aromatic carbocycles. The maximum absolute atomic E-state index is 14.3. The van der Waals surface area contributed by atoms with Crippen LogP contribution in [0, 0.1) is 20.2 Å². The van der Waals surface area contributed by atoms with Crippen molar-refractivity contribution < 1.29 is 48.1 Å². The summed E-state index contributed by atoms with van der Waals surface area (Å²) in [5.41, 5.74) is 3.88. The largest absolute Gasteiger partial charge is 0.453 e. The van der Waals surface area contributed by atoms with E-state index < -0.39 is 77.6 Å². The van der Waals surface area contributed by atoms with Crippen LogP contribution in [-0.4, -0.2) is 134 Å². The Bertz CT molecular complexity index is 3990. The van der Waals surface area contributed by atoms with Gasteiger partial charge in [-0.3, -0.25) is 49.2 Å². The maximum Gasteiger partial charge on any atom is 0.338 e. The van der Waals surface area contributed by atoms with E-state index >= 15 is 0 Å². The van der Waals surface area contributed by atoms with Crippen LogP contribution in [0.4, 0.5) is 22.7 Å². The number of anilines is 2. The monoisotopic (exact) mass is 1200 g/mol. The second kappa shape index (κ2) is 18.3. The zero-order valence-corrected chi connectivity index (χ0v) is 47.0. The molecule has 12 heterocycles. The molecular weight excluding hydrogens is 1160 g/mol. The van der Waals surface area contributed by atoms with Crippen molar-refractivity contribution >= 4 is 123 Å². The fraction of sp³-hybridized carbons (Fsp3) is 0.207. The van der Waals surface area contributed by atoms with Gasteiger partial charge in [-0.15, -0.1) is 0 Å². The van der Waals surface area contributed by atoms with Crippen molar-refractivity contribution in [2.24, 2.45) is 0 Å². The van der Waals surface area contributed by atoms with Crippen LogP contribution in [0.25, 0.3) is 21.8 Å². The van der Waals surface area contributed by atoms with Gasteiger partial charge in [-0.1, -0.05) is 94.4 Å². The lowest BCUT2D eigenvalue weighted by Gasteiger charge is -2.53. The number of aromatic amines is 2. The fourth-order valence-electron chi connectivity index (χ4n) is 13.9. The molecule has 0 aliphatic carbocycles. The molecule has 8 aromatic rings. The predicted octanol–water partition coefficient (Wildman–Crippen LogP) is 8.14. The molecule has 84 heavy (non-hydrogen) atoms. The van der Waals surface area contributed by atoms with Crippen LogP contribution in [0.5, 0.6) is 0 Å². The summed E-state index contributed by atoms with van der Waals surface area (Å²) in [5, 5.41) is 29.8. The SMILES string of the molecule is CN1C(=O)[C@]23SS[C@H]1C(=O)N2[C@H]1Nc2ccccc2[C@@]1(c1c[nH]c2ccccc12)[C@@H]3OC(=O)c1ccc([N+](=O)[O-])cc1.CN1C(=O)[C@]23SS[C@H]1C(=O)N2[C@H]1Nc2ccccc2[C@@]1(c1c[nH]c2ccccc12)[C@@H]3OC(=O)c1ccc([N+](=O)[O-])cc1. The second-order valence-corrected chi connectivity index (χ2v) is 26.3. The number of esters is 2. The van der Waals surface area contributed by atoms with Gasteiger partial charge >= 0.3 is 11.9 Å². The average Bonchev–Trinajstić information content (AvgIpc) is 1.50. The lowest BCUT2D eigenvalue weighted by molar-refractivity contribution is -0.385. The molecule has 4 bridgehead atoms. The van der Waals surface area contributed by atoms with Gasteiger partial charge in [-0.05, 0) is 92.4 Å². The molecule has 4 amide bonds. The highest BCUT2D eigenvalue weighted by Gasteiger charge is 2.83. The van der Waals surface area contributed by atoms with Crippen molar-refractivity contribution in [1.29, 1.82) is 0 Å². The summed E-state index contributed by atoms with van der Waals surface area (Å²) in [5.74, 6) is -2.66. The minimum Gasteiger partial charge on any atom is -0.453 e. The number of non-ortho nitro benzene ring substituents is 2. The van der Waals surface area contributed by atoms with Crippen LogP contribution in [0.15, 0.2) is 158 Å². The summed E-state index contributed by atoms with van der Waals surface area (Å²) < 4.78 is 12.9. The van der Waals surface area contributed by atoms with Gasteiger partial charge in [-0.25, -0.2) is 9.59 Å². The topological polar surface area (TPSA) is 276 Å². The number of fused-ring (bicyclic) bond motifs is 12. The zero-order valence-electron chi connectivity index (χ0n) is 43.7. The highest BCUT2D eigenvalue weighted by molar-refractivity contribution is 8.78. The molecule has 26 heteroatoms. The standard InChI is InChI=1S/2C29H21N5O6S2/c2*1-32-23-22(35)33-26-28(18-7-3-5-9-21(18)31-26,19-14-30-20-8-4-2-6-17(19)20)25(29(33,27(32)37)42-41-23)40-24(36)15-10-12-16(13-11-15)34(38)39/h2*2-14,23,25-26,30-31H,1H3/t2*23-,25-,26+,28+,29-/m00/s1. The molecule has 22 nitrogen and oxygen atoms in total. The second-order valence-electron chi connectivity index (χ2n) is 21.3. The molecule has 10 aliphatic rings. The lowest BCUT2D eigenvalue weighted by atomic mass is 9.70. The number of carbonyl (C=O) groups excluding carboxylic acids is 6. The highest BCUT2D eigenvalue weighted by atomic mass is 33.1. The Kier molecular flexibility index (Phi) is 11.3. The van der Waals surface area contributed by atoms with Crippen LogP contribution >= 0.6 is 43.2 Å². The molecule has 2 aromatic heterocycles. The first-order chi connectivity index (χ1) is 40.6. The number of benzene rings is 6. The number of likely N-dealkylation sites (N-methyl/N-ethyl adjacent to an activating group) is 2. The third-order valence-electron chi connectivity index (χ3n) is 17.5. The Labute approximate surface area is 490 Å². The van der Waals surface area contributed by atoms with Crippen LogP contribution in [-0.2, 0) is 39.5 Å². The van der Waals surface area contributed by atoms with E-state index in [1.54, 1.807) is 23.9 Å². The molecule has 420 valence electrons. The number of carbonyl (C=O) groups is 6. The Hall–Kier alpha value is -8.98. The number of nitro benzene ring substituents is 2. The van der Waals surface area contributed by atoms with E-state index in [9.17, 15) is 49.0 Å². The van der Waals surface area contributed by atoms with Crippen molar-refractivity contribution in [1.82, 2.24) is 29.6 Å². The number of amides is 4. The highest BCUT2D eigenvalue weighted by Crippen LogP contribution is 2.71. The number of hydrogen-bond donors (Lipinski definition) is 4. The van der Waals surface area contributed by atoms with Crippen molar-refractivity contribution in [2.45, 2.75) is 55.9 Å². The molecular formula is C58H42N10O12S4. The number of para-hydroxylation sites is 4. The number of hydrogen-bond acceptors (Lipinski definition) is 18. The van der Waals surface area contributed by atoms with Crippen LogP contribution < -0.4 is 10.6 Å². The lowest BCUT2D eigenvalue weighted by Crippen LogP contribution is -2.73. The number of rotatable bonds is 8. The first kappa shape index (κ1) is 51.9. The van der Waals surface area contributed by atoms with Crippen molar-refractivity contribution in [3.63, 3.8) is 0 Å². The third kappa shape index (κ3) is 6.52. The van der Waals surface area contributed by atoms with E-state index in [4.69, 9.17) is 9.47 Å². The van der Waals surface area contributed by atoms with Crippen molar-refractivity contribution in [3.05, 3.63) is 212 Å². The van der Waals surface area contributed by atoms with Gasteiger partial charge in [0.2, 0.25) is 9.74 Å². The van der Waals surface area contributed by atoms with Gasteiger partial charge in [-0.2, -0.15) is 0 Å². The zero-order chi connectivity index (χ0) is 57.9. The van der Waals surface area contributed by atoms with Crippen molar-refractivity contribution in [3.8, 4) is 0 Å². The number of aromatic nitrogens is 2. The van der Waals surface area contributed by atoms with Crippen LogP contribution in [0.3, 0.4) is 0 Å². The number of nitrogens with one attached hydrogen (secondary N) is 4.